The van der Waals surface area contributed by atoms with Gasteiger partial charge in [-0.25, -0.2) is 0 Å². The lowest BCUT2D eigenvalue weighted by molar-refractivity contribution is 1.43. The van der Waals surface area contributed by atoms with E-state index >= 15 is 0 Å². The third-order valence-electron chi connectivity index (χ3n) is 2.67. The normalized spacial score (nSPS) is 10.5. The van der Waals surface area contributed by atoms with E-state index in [1.807, 2.05) is 37.3 Å². The SMILES string of the molecule is Cc1ccc(-c2ccc(Cl)cc2C)cc1Cl. The maximum absolute atomic E-state index is 6.12. The third-order valence-corrected chi connectivity index (χ3v) is 3.31. The number of rotatable bonds is 1. The summed E-state index contributed by atoms with van der Waals surface area (Å²) in [6.07, 6.45) is 0. The molecule has 0 nitrogen and oxygen atoms in total. The Bertz CT molecular complexity index is 530. The van der Waals surface area contributed by atoms with E-state index in [9.17, 15) is 0 Å². The summed E-state index contributed by atoms with van der Waals surface area (Å²) in [6, 6.07) is 12.0. The Morgan fingerprint density at radius 3 is 2.19 bits per heavy atom. The molecule has 0 aliphatic carbocycles. The van der Waals surface area contributed by atoms with Gasteiger partial charge in [0.2, 0.25) is 0 Å². The van der Waals surface area contributed by atoms with Crippen LogP contribution in [0.4, 0.5) is 0 Å². The smallest absolute Gasteiger partial charge is 0.0441 e. The molecule has 0 fully saturated rings. The molecule has 2 aromatic rings. The Morgan fingerprint density at radius 2 is 1.56 bits per heavy atom. The van der Waals surface area contributed by atoms with Gasteiger partial charge < -0.3 is 0 Å². The molecule has 2 heteroatoms. The van der Waals surface area contributed by atoms with Crippen LogP contribution in [0.3, 0.4) is 0 Å². The van der Waals surface area contributed by atoms with Crippen LogP contribution in [0, 0.1) is 13.8 Å². The summed E-state index contributed by atoms with van der Waals surface area (Å²) in [4.78, 5) is 0. The van der Waals surface area contributed by atoms with Gasteiger partial charge in [0.05, 0.1) is 0 Å². The lowest BCUT2D eigenvalue weighted by Crippen LogP contribution is -1.84. The van der Waals surface area contributed by atoms with E-state index in [2.05, 4.69) is 13.0 Å². The molecule has 16 heavy (non-hydrogen) atoms. The quantitative estimate of drug-likeness (QED) is 0.647. The molecule has 0 bridgehead atoms. The molecule has 0 unspecified atom stereocenters. The molecule has 0 saturated carbocycles. The molecule has 0 spiro atoms. The molecule has 0 aliphatic rings. The standard InChI is InChI=1S/C14H12Cl2/c1-9-3-4-11(8-14(9)16)13-6-5-12(15)7-10(13)2/h3-8H,1-2H3. The van der Waals surface area contributed by atoms with Crippen LogP contribution in [0.5, 0.6) is 0 Å². The average Bonchev–Trinajstić information content (AvgIpc) is 2.22. The van der Waals surface area contributed by atoms with Crippen LogP contribution in [0.25, 0.3) is 11.1 Å². The van der Waals surface area contributed by atoms with Gasteiger partial charge in [-0.05, 0) is 54.3 Å². The third kappa shape index (κ3) is 2.23. The molecule has 2 aromatic carbocycles. The van der Waals surface area contributed by atoms with Crippen molar-refractivity contribution in [2.24, 2.45) is 0 Å². The summed E-state index contributed by atoms with van der Waals surface area (Å²) in [5, 5.41) is 1.56. The average molecular weight is 251 g/mol. The molecule has 2 rings (SSSR count). The zero-order valence-corrected chi connectivity index (χ0v) is 10.7. The summed E-state index contributed by atoms with van der Waals surface area (Å²) >= 11 is 12.1. The van der Waals surface area contributed by atoms with Crippen LogP contribution in [-0.4, -0.2) is 0 Å². The highest BCUT2D eigenvalue weighted by atomic mass is 35.5. The van der Waals surface area contributed by atoms with Gasteiger partial charge in [0.1, 0.15) is 0 Å². The van der Waals surface area contributed by atoms with Gasteiger partial charge >= 0.3 is 0 Å². The monoisotopic (exact) mass is 250 g/mol. The van der Waals surface area contributed by atoms with E-state index in [-0.39, 0.29) is 0 Å². The molecule has 0 aromatic heterocycles. The Balaban J connectivity index is 2.54. The van der Waals surface area contributed by atoms with E-state index in [0.717, 1.165) is 26.7 Å². The van der Waals surface area contributed by atoms with E-state index in [1.165, 1.54) is 5.56 Å². The first-order valence-corrected chi connectivity index (χ1v) is 5.86. The molecule has 0 amide bonds. The van der Waals surface area contributed by atoms with E-state index < -0.39 is 0 Å². The van der Waals surface area contributed by atoms with Gasteiger partial charge in [-0.3, -0.25) is 0 Å². The van der Waals surface area contributed by atoms with E-state index in [1.54, 1.807) is 0 Å². The van der Waals surface area contributed by atoms with Gasteiger partial charge in [-0.1, -0.05) is 41.4 Å². The van der Waals surface area contributed by atoms with Crippen molar-refractivity contribution in [3.8, 4) is 11.1 Å². The Morgan fingerprint density at radius 1 is 0.812 bits per heavy atom. The Hall–Kier alpha value is -0.980. The first kappa shape index (κ1) is 11.5. The summed E-state index contributed by atoms with van der Waals surface area (Å²) in [5.74, 6) is 0. The molecule has 0 N–H and O–H groups in total. The topological polar surface area (TPSA) is 0 Å². The molecule has 0 aliphatic heterocycles. The second-order valence-corrected chi connectivity index (χ2v) is 4.77. The van der Waals surface area contributed by atoms with Crippen molar-refractivity contribution in [3.05, 3.63) is 57.6 Å². The van der Waals surface area contributed by atoms with Crippen LogP contribution in [0.1, 0.15) is 11.1 Å². The van der Waals surface area contributed by atoms with Crippen LogP contribution in [-0.2, 0) is 0 Å². The maximum Gasteiger partial charge on any atom is 0.0441 e. The fourth-order valence-corrected chi connectivity index (χ4v) is 2.12. The predicted octanol–water partition coefficient (Wildman–Crippen LogP) is 5.28. The number of benzene rings is 2. The molecular weight excluding hydrogens is 239 g/mol. The van der Waals surface area contributed by atoms with Crippen molar-refractivity contribution in [3.63, 3.8) is 0 Å². The second-order valence-electron chi connectivity index (χ2n) is 3.92. The zero-order valence-electron chi connectivity index (χ0n) is 9.22. The highest BCUT2D eigenvalue weighted by Crippen LogP contribution is 2.29. The molecule has 82 valence electrons. The van der Waals surface area contributed by atoms with Crippen molar-refractivity contribution < 1.29 is 0 Å². The molecule has 0 saturated heterocycles. The first-order chi connectivity index (χ1) is 7.58. The van der Waals surface area contributed by atoms with E-state index in [4.69, 9.17) is 23.2 Å². The molecule has 0 radical (unpaired) electrons. The Kier molecular flexibility index (Phi) is 3.22. The van der Waals surface area contributed by atoms with Crippen LogP contribution in [0.15, 0.2) is 36.4 Å². The summed E-state index contributed by atoms with van der Waals surface area (Å²) in [6.45, 7) is 4.05. The number of hydrogen-bond donors (Lipinski definition) is 0. The maximum atomic E-state index is 6.12. The van der Waals surface area contributed by atoms with Crippen molar-refractivity contribution >= 4 is 23.2 Å². The van der Waals surface area contributed by atoms with Crippen molar-refractivity contribution in [1.29, 1.82) is 0 Å². The minimum Gasteiger partial charge on any atom is -0.0843 e. The lowest BCUT2D eigenvalue weighted by atomic mass is 10.00. The molecule has 0 atom stereocenters. The highest BCUT2D eigenvalue weighted by molar-refractivity contribution is 6.31. The van der Waals surface area contributed by atoms with Crippen molar-refractivity contribution in [2.45, 2.75) is 13.8 Å². The first-order valence-electron chi connectivity index (χ1n) is 5.10. The van der Waals surface area contributed by atoms with Gasteiger partial charge in [0.25, 0.3) is 0 Å². The van der Waals surface area contributed by atoms with Gasteiger partial charge in [-0.15, -0.1) is 0 Å². The lowest BCUT2D eigenvalue weighted by Gasteiger charge is -2.08. The van der Waals surface area contributed by atoms with Crippen LogP contribution >= 0.6 is 23.2 Å². The van der Waals surface area contributed by atoms with Crippen LogP contribution in [0.2, 0.25) is 10.0 Å². The summed E-state index contributed by atoms with van der Waals surface area (Å²) < 4.78 is 0. The van der Waals surface area contributed by atoms with Gasteiger partial charge in [-0.2, -0.15) is 0 Å². The molecular formula is C14H12Cl2. The number of hydrogen-bond acceptors (Lipinski definition) is 0. The van der Waals surface area contributed by atoms with Crippen molar-refractivity contribution in [2.75, 3.05) is 0 Å². The van der Waals surface area contributed by atoms with Crippen molar-refractivity contribution in [1.82, 2.24) is 0 Å². The number of halogens is 2. The molecule has 0 heterocycles. The highest BCUT2D eigenvalue weighted by Gasteiger charge is 2.04. The minimum atomic E-state index is 0.763. The van der Waals surface area contributed by atoms with Gasteiger partial charge in [0.15, 0.2) is 0 Å². The fraction of sp³-hybridized carbons (Fsp3) is 0.143. The fourth-order valence-electron chi connectivity index (χ4n) is 1.71. The van der Waals surface area contributed by atoms with Gasteiger partial charge in [0, 0.05) is 10.0 Å². The van der Waals surface area contributed by atoms with E-state index in [0.29, 0.717) is 0 Å². The largest absolute Gasteiger partial charge is 0.0843 e. The zero-order chi connectivity index (χ0) is 11.7. The van der Waals surface area contributed by atoms with Crippen LogP contribution < -0.4 is 0 Å². The number of aryl methyl sites for hydroxylation is 2. The minimum absolute atomic E-state index is 0.763. The summed E-state index contributed by atoms with van der Waals surface area (Å²) in [5.41, 5.74) is 4.56. The predicted molar refractivity (Wildman–Crippen MR) is 71.4 cm³/mol. The Labute approximate surface area is 106 Å². The second kappa shape index (κ2) is 4.48. The summed E-state index contributed by atoms with van der Waals surface area (Å²) in [7, 11) is 0.